The van der Waals surface area contributed by atoms with Crippen molar-refractivity contribution in [1.29, 1.82) is 0 Å². The Morgan fingerprint density at radius 3 is 2.39 bits per heavy atom. The first-order valence-electron chi connectivity index (χ1n) is 5.48. The Labute approximate surface area is 103 Å². The first kappa shape index (κ1) is 14.5. The summed E-state index contributed by atoms with van der Waals surface area (Å²) in [5.41, 5.74) is 0.360. The van der Waals surface area contributed by atoms with Crippen LogP contribution in [0.1, 0.15) is 23.7 Å². The molecular weight excluding hydrogens is 245 g/mol. The number of amides is 1. The second-order valence-electron chi connectivity index (χ2n) is 4.25. The van der Waals surface area contributed by atoms with Crippen LogP contribution < -0.4 is 5.84 Å². The quantitative estimate of drug-likeness (QED) is 0.514. The minimum atomic E-state index is -4.24. The van der Waals surface area contributed by atoms with Crippen molar-refractivity contribution < 1.29 is 18.0 Å². The molecule has 0 aliphatic carbocycles. The van der Waals surface area contributed by atoms with E-state index in [9.17, 15) is 18.0 Å². The van der Waals surface area contributed by atoms with Crippen LogP contribution in [0, 0.1) is 5.92 Å². The van der Waals surface area contributed by atoms with Crippen LogP contribution in [0.15, 0.2) is 30.3 Å². The van der Waals surface area contributed by atoms with Gasteiger partial charge in [-0.2, -0.15) is 13.2 Å². The highest BCUT2D eigenvalue weighted by Crippen LogP contribution is 2.24. The fraction of sp³-hybridized carbons (Fsp3) is 0.417. The molecule has 1 aromatic rings. The zero-order valence-electron chi connectivity index (χ0n) is 9.95. The molecule has 0 saturated carbocycles. The lowest BCUT2D eigenvalue weighted by Gasteiger charge is -2.21. The summed E-state index contributed by atoms with van der Waals surface area (Å²) in [6, 6.07) is 8.21. The van der Waals surface area contributed by atoms with Gasteiger partial charge in [0.15, 0.2) is 0 Å². The largest absolute Gasteiger partial charge is 0.389 e. The third kappa shape index (κ3) is 4.75. The molecule has 1 rings (SSSR count). The highest BCUT2D eigenvalue weighted by atomic mass is 19.4. The zero-order chi connectivity index (χ0) is 13.8. The maximum atomic E-state index is 12.1. The normalized spacial score (nSPS) is 13.2. The first-order chi connectivity index (χ1) is 8.29. The molecule has 1 atom stereocenters. The molecule has 1 aromatic carbocycles. The number of hydrogen-bond donors (Lipinski definition) is 1. The number of hydrogen-bond acceptors (Lipinski definition) is 2. The average Bonchev–Trinajstić information content (AvgIpc) is 2.26. The monoisotopic (exact) mass is 260 g/mol. The molecule has 0 fully saturated rings. The number of alkyl halides is 3. The molecule has 0 saturated heterocycles. The Bertz CT molecular complexity index is 392. The van der Waals surface area contributed by atoms with E-state index >= 15 is 0 Å². The van der Waals surface area contributed by atoms with E-state index < -0.39 is 24.4 Å². The molecule has 0 spiro atoms. The maximum absolute atomic E-state index is 12.1. The molecule has 6 heteroatoms. The fourth-order valence-corrected chi connectivity index (χ4v) is 1.62. The summed E-state index contributed by atoms with van der Waals surface area (Å²) >= 11 is 0. The Balaban J connectivity index is 2.56. The number of nitrogens with zero attached hydrogens (tertiary/aromatic N) is 1. The van der Waals surface area contributed by atoms with Crippen molar-refractivity contribution in [3.05, 3.63) is 35.9 Å². The van der Waals surface area contributed by atoms with Gasteiger partial charge in [0.25, 0.3) is 5.91 Å². The van der Waals surface area contributed by atoms with E-state index in [1.54, 1.807) is 30.3 Å². The number of benzene rings is 1. The lowest BCUT2D eigenvalue weighted by Crippen LogP contribution is -2.41. The smallest absolute Gasteiger partial charge is 0.276 e. The Kier molecular flexibility index (Phi) is 4.72. The SMILES string of the molecule is CC(CN(N)C(=O)c1ccccc1)CC(F)(F)F. The van der Waals surface area contributed by atoms with Gasteiger partial charge >= 0.3 is 6.18 Å². The number of rotatable bonds is 4. The summed E-state index contributed by atoms with van der Waals surface area (Å²) < 4.78 is 36.4. The molecule has 0 aliphatic rings. The van der Waals surface area contributed by atoms with E-state index in [0.717, 1.165) is 5.01 Å². The van der Waals surface area contributed by atoms with Crippen molar-refractivity contribution in [1.82, 2.24) is 5.01 Å². The molecule has 2 N–H and O–H groups in total. The molecule has 0 aliphatic heterocycles. The Morgan fingerprint density at radius 1 is 1.33 bits per heavy atom. The lowest BCUT2D eigenvalue weighted by atomic mass is 10.1. The first-order valence-corrected chi connectivity index (χ1v) is 5.48. The molecule has 0 radical (unpaired) electrons. The predicted molar refractivity (Wildman–Crippen MR) is 61.5 cm³/mol. The van der Waals surface area contributed by atoms with E-state index in [1.165, 1.54) is 6.92 Å². The Morgan fingerprint density at radius 2 is 1.89 bits per heavy atom. The van der Waals surface area contributed by atoms with Crippen LogP contribution in [0.2, 0.25) is 0 Å². The minimum absolute atomic E-state index is 0.132. The van der Waals surface area contributed by atoms with Crippen molar-refractivity contribution in [3.63, 3.8) is 0 Å². The standard InChI is InChI=1S/C12H15F3N2O/c1-9(7-12(13,14)15)8-17(16)11(18)10-5-3-2-4-6-10/h2-6,9H,7-8,16H2,1H3. The number of carbonyl (C=O) groups is 1. The van der Waals surface area contributed by atoms with Crippen molar-refractivity contribution in [2.45, 2.75) is 19.5 Å². The van der Waals surface area contributed by atoms with Gasteiger partial charge in [0.1, 0.15) is 0 Å². The van der Waals surface area contributed by atoms with Crippen LogP contribution in [-0.2, 0) is 0 Å². The molecular formula is C12H15F3N2O. The van der Waals surface area contributed by atoms with Gasteiger partial charge in [-0.05, 0) is 18.1 Å². The van der Waals surface area contributed by atoms with Crippen LogP contribution >= 0.6 is 0 Å². The van der Waals surface area contributed by atoms with Gasteiger partial charge in [0.05, 0.1) is 0 Å². The van der Waals surface area contributed by atoms with E-state index in [4.69, 9.17) is 5.84 Å². The molecule has 1 amide bonds. The average molecular weight is 260 g/mol. The zero-order valence-corrected chi connectivity index (χ0v) is 9.95. The maximum Gasteiger partial charge on any atom is 0.389 e. The minimum Gasteiger partial charge on any atom is -0.276 e. The molecule has 3 nitrogen and oxygen atoms in total. The summed E-state index contributed by atoms with van der Waals surface area (Å²) in [5.74, 6) is 4.27. The second kappa shape index (κ2) is 5.86. The van der Waals surface area contributed by atoms with E-state index in [1.807, 2.05) is 0 Å². The van der Waals surface area contributed by atoms with E-state index in [2.05, 4.69) is 0 Å². The number of carbonyl (C=O) groups excluding carboxylic acids is 1. The van der Waals surface area contributed by atoms with Gasteiger partial charge in [-0.15, -0.1) is 0 Å². The van der Waals surface area contributed by atoms with Crippen LogP contribution in [-0.4, -0.2) is 23.6 Å². The van der Waals surface area contributed by atoms with Gasteiger partial charge in [0.2, 0.25) is 0 Å². The van der Waals surface area contributed by atoms with Crippen molar-refractivity contribution >= 4 is 5.91 Å². The molecule has 0 heterocycles. The van der Waals surface area contributed by atoms with E-state index in [0.29, 0.717) is 5.56 Å². The summed E-state index contributed by atoms with van der Waals surface area (Å²) in [6.45, 7) is 1.28. The van der Waals surface area contributed by atoms with Gasteiger partial charge in [-0.1, -0.05) is 25.1 Å². The van der Waals surface area contributed by atoms with Gasteiger partial charge < -0.3 is 0 Å². The summed E-state index contributed by atoms with van der Waals surface area (Å²) in [6.07, 6.45) is -5.20. The lowest BCUT2D eigenvalue weighted by molar-refractivity contribution is -0.144. The van der Waals surface area contributed by atoms with Crippen LogP contribution in [0.4, 0.5) is 13.2 Å². The van der Waals surface area contributed by atoms with Crippen LogP contribution in [0.5, 0.6) is 0 Å². The number of hydrazine groups is 1. The van der Waals surface area contributed by atoms with Gasteiger partial charge in [0, 0.05) is 18.5 Å². The van der Waals surface area contributed by atoms with E-state index in [-0.39, 0.29) is 6.54 Å². The van der Waals surface area contributed by atoms with Crippen molar-refractivity contribution in [2.75, 3.05) is 6.54 Å². The topological polar surface area (TPSA) is 46.3 Å². The molecule has 0 bridgehead atoms. The van der Waals surface area contributed by atoms with Gasteiger partial charge in [-0.3, -0.25) is 9.80 Å². The molecule has 1 unspecified atom stereocenters. The summed E-state index contributed by atoms with van der Waals surface area (Å²) in [4.78, 5) is 11.8. The summed E-state index contributed by atoms with van der Waals surface area (Å²) in [5, 5.41) is 0.825. The second-order valence-corrected chi connectivity index (χ2v) is 4.25. The molecule has 0 aromatic heterocycles. The predicted octanol–water partition coefficient (Wildman–Crippen LogP) is 2.59. The van der Waals surface area contributed by atoms with Crippen LogP contribution in [0.25, 0.3) is 0 Å². The third-order valence-corrected chi connectivity index (χ3v) is 2.37. The summed E-state index contributed by atoms with van der Waals surface area (Å²) in [7, 11) is 0. The third-order valence-electron chi connectivity index (χ3n) is 2.37. The molecule has 100 valence electrons. The van der Waals surface area contributed by atoms with Crippen molar-refractivity contribution in [2.24, 2.45) is 11.8 Å². The fourth-order valence-electron chi connectivity index (χ4n) is 1.62. The number of halogens is 3. The number of nitrogens with two attached hydrogens (primary N) is 1. The Hall–Kier alpha value is -1.56. The highest BCUT2D eigenvalue weighted by molar-refractivity contribution is 5.93. The van der Waals surface area contributed by atoms with Crippen molar-refractivity contribution in [3.8, 4) is 0 Å². The van der Waals surface area contributed by atoms with Gasteiger partial charge in [-0.25, -0.2) is 5.84 Å². The van der Waals surface area contributed by atoms with Crippen LogP contribution in [0.3, 0.4) is 0 Å². The highest BCUT2D eigenvalue weighted by Gasteiger charge is 2.31. The molecule has 18 heavy (non-hydrogen) atoms.